The van der Waals surface area contributed by atoms with Crippen LogP contribution in [0.5, 0.6) is 0 Å². The number of carbonyl (C=O) groups excluding carboxylic acids is 1. The number of aryl methyl sites for hydroxylation is 1. The highest BCUT2D eigenvalue weighted by molar-refractivity contribution is 7.92. The molecule has 2 aromatic carbocycles. The number of hydrogen-bond acceptors (Lipinski definition) is 5. The van der Waals surface area contributed by atoms with Gasteiger partial charge in [-0.3, -0.25) is 4.79 Å². The van der Waals surface area contributed by atoms with E-state index in [0.717, 1.165) is 5.56 Å². The van der Waals surface area contributed by atoms with E-state index in [9.17, 15) is 13.2 Å². The summed E-state index contributed by atoms with van der Waals surface area (Å²) in [5.41, 5.74) is 1.83. The SMILES string of the molecule is Cc1ccc(S(=O)(=O)C2CCN(C(=O)c3cnoc3-c3ccccc3Cl)C2)cc1. The summed E-state index contributed by atoms with van der Waals surface area (Å²) >= 11 is 6.22. The number of rotatable bonds is 4. The summed E-state index contributed by atoms with van der Waals surface area (Å²) in [6.07, 6.45) is 1.73. The lowest BCUT2D eigenvalue weighted by molar-refractivity contribution is 0.0793. The van der Waals surface area contributed by atoms with Gasteiger partial charge in [-0.1, -0.05) is 46.6 Å². The Hall–Kier alpha value is -2.64. The maximum Gasteiger partial charge on any atom is 0.259 e. The summed E-state index contributed by atoms with van der Waals surface area (Å²) in [6, 6.07) is 13.8. The third-order valence-corrected chi connectivity index (χ3v) is 7.66. The molecule has 6 nitrogen and oxygen atoms in total. The van der Waals surface area contributed by atoms with Crippen molar-refractivity contribution in [2.45, 2.75) is 23.5 Å². The quantitative estimate of drug-likeness (QED) is 0.625. The van der Waals surface area contributed by atoms with Crippen LogP contribution in [0.25, 0.3) is 11.3 Å². The molecule has 4 rings (SSSR count). The summed E-state index contributed by atoms with van der Waals surface area (Å²) in [7, 11) is -3.51. The molecule has 1 fully saturated rings. The molecule has 0 spiro atoms. The summed E-state index contributed by atoms with van der Waals surface area (Å²) < 4.78 is 31.2. The first kappa shape index (κ1) is 19.7. The van der Waals surface area contributed by atoms with Crippen LogP contribution in [0.2, 0.25) is 5.02 Å². The van der Waals surface area contributed by atoms with E-state index in [1.165, 1.54) is 11.1 Å². The lowest BCUT2D eigenvalue weighted by Gasteiger charge is -2.16. The minimum absolute atomic E-state index is 0.127. The standard InChI is InChI=1S/C21H19ClN2O4S/c1-14-6-8-15(9-7-14)29(26,27)16-10-11-24(13-16)21(25)18-12-23-28-20(18)17-4-2-3-5-19(17)22/h2-9,12,16H,10-11,13H2,1H3. The Morgan fingerprint density at radius 3 is 2.62 bits per heavy atom. The molecule has 0 N–H and O–H groups in total. The van der Waals surface area contributed by atoms with Gasteiger partial charge in [0.2, 0.25) is 0 Å². The van der Waals surface area contributed by atoms with Crippen molar-refractivity contribution in [2.24, 2.45) is 0 Å². The van der Waals surface area contributed by atoms with Gasteiger partial charge in [0, 0.05) is 18.7 Å². The van der Waals surface area contributed by atoms with Gasteiger partial charge in [0.05, 0.1) is 21.4 Å². The van der Waals surface area contributed by atoms with Crippen LogP contribution >= 0.6 is 11.6 Å². The Morgan fingerprint density at radius 2 is 1.90 bits per heavy atom. The van der Waals surface area contributed by atoms with Crippen LogP contribution in [-0.2, 0) is 9.84 Å². The van der Waals surface area contributed by atoms with Gasteiger partial charge < -0.3 is 9.42 Å². The molecule has 1 aliphatic heterocycles. The smallest absolute Gasteiger partial charge is 0.259 e. The van der Waals surface area contributed by atoms with E-state index in [-0.39, 0.29) is 28.7 Å². The van der Waals surface area contributed by atoms with E-state index < -0.39 is 15.1 Å². The lowest BCUT2D eigenvalue weighted by atomic mass is 10.1. The third kappa shape index (κ3) is 3.68. The van der Waals surface area contributed by atoms with Gasteiger partial charge in [-0.2, -0.15) is 0 Å². The zero-order chi connectivity index (χ0) is 20.6. The van der Waals surface area contributed by atoms with Crippen molar-refractivity contribution >= 4 is 27.3 Å². The highest BCUT2D eigenvalue weighted by Crippen LogP contribution is 2.32. The summed E-state index contributed by atoms with van der Waals surface area (Å²) in [6.45, 7) is 2.38. The molecular weight excluding hydrogens is 412 g/mol. The highest BCUT2D eigenvalue weighted by Gasteiger charge is 2.37. The van der Waals surface area contributed by atoms with Gasteiger partial charge in [-0.05, 0) is 37.6 Å². The maximum absolute atomic E-state index is 13.1. The summed E-state index contributed by atoms with van der Waals surface area (Å²) in [4.78, 5) is 14.9. The average molecular weight is 431 g/mol. The topological polar surface area (TPSA) is 80.5 Å². The highest BCUT2D eigenvalue weighted by atomic mass is 35.5. The predicted octanol–water partition coefficient (Wildman–Crippen LogP) is 3.99. The second kappa shape index (κ2) is 7.65. The Morgan fingerprint density at radius 1 is 1.17 bits per heavy atom. The first-order chi connectivity index (χ1) is 13.9. The molecule has 1 atom stereocenters. The van der Waals surface area contributed by atoms with Gasteiger partial charge in [0.15, 0.2) is 15.6 Å². The zero-order valence-electron chi connectivity index (χ0n) is 15.7. The fourth-order valence-corrected chi connectivity index (χ4v) is 5.40. The molecule has 1 aromatic heterocycles. The maximum atomic E-state index is 13.1. The molecule has 150 valence electrons. The molecule has 1 amide bonds. The van der Waals surface area contributed by atoms with Crippen molar-refractivity contribution in [3.8, 4) is 11.3 Å². The van der Waals surface area contributed by atoms with Gasteiger partial charge in [0.25, 0.3) is 5.91 Å². The number of hydrogen-bond donors (Lipinski definition) is 0. The summed E-state index contributed by atoms with van der Waals surface area (Å²) in [5, 5.41) is 3.56. The molecule has 8 heteroatoms. The second-order valence-corrected chi connectivity index (χ2v) is 9.70. The molecule has 2 heterocycles. The normalized spacial score (nSPS) is 16.9. The second-order valence-electron chi connectivity index (χ2n) is 7.07. The Balaban J connectivity index is 1.56. The molecule has 29 heavy (non-hydrogen) atoms. The minimum atomic E-state index is -3.51. The molecule has 0 aliphatic carbocycles. The molecule has 1 aliphatic rings. The van der Waals surface area contributed by atoms with E-state index in [2.05, 4.69) is 5.16 Å². The Bertz CT molecular complexity index is 1160. The fourth-order valence-electron chi connectivity index (χ4n) is 3.49. The van der Waals surface area contributed by atoms with Crippen molar-refractivity contribution in [3.63, 3.8) is 0 Å². The van der Waals surface area contributed by atoms with Gasteiger partial charge in [-0.25, -0.2) is 8.42 Å². The number of aromatic nitrogens is 1. The Kier molecular flexibility index (Phi) is 5.19. The van der Waals surface area contributed by atoms with Crippen molar-refractivity contribution in [3.05, 3.63) is 70.9 Å². The third-order valence-electron chi connectivity index (χ3n) is 5.14. The molecule has 0 bridgehead atoms. The Labute approximate surface area is 174 Å². The van der Waals surface area contributed by atoms with Gasteiger partial charge in [-0.15, -0.1) is 0 Å². The summed E-state index contributed by atoms with van der Waals surface area (Å²) in [5.74, 6) is -0.0341. The molecule has 0 saturated carbocycles. The van der Waals surface area contributed by atoms with E-state index in [1.54, 1.807) is 48.5 Å². The lowest BCUT2D eigenvalue weighted by Crippen LogP contribution is -2.32. The van der Waals surface area contributed by atoms with Crippen LogP contribution in [0, 0.1) is 6.92 Å². The average Bonchev–Trinajstić information content (AvgIpc) is 3.38. The van der Waals surface area contributed by atoms with Crippen LogP contribution in [0.1, 0.15) is 22.3 Å². The first-order valence-corrected chi connectivity index (χ1v) is 11.1. The van der Waals surface area contributed by atoms with Crippen molar-refractivity contribution in [1.29, 1.82) is 0 Å². The molecule has 0 radical (unpaired) electrons. The molecular formula is C21H19ClN2O4S. The zero-order valence-corrected chi connectivity index (χ0v) is 17.3. The van der Waals surface area contributed by atoms with E-state index in [4.69, 9.17) is 16.1 Å². The molecule has 1 saturated heterocycles. The number of sulfone groups is 1. The monoisotopic (exact) mass is 430 g/mol. The molecule has 1 unspecified atom stereocenters. The predicted molar refractivity (Wildman–Crippen MR) is 110 cm³/mol. The van der Waals surface area contributed by atoms with Gasteiger partial charge >= 0.3 is 0 Å². The van der Waals surface area contributed by atoms with Crippen LogP contribution < -0.4 is 0 Å². The number of carbonyl (C=O) groups is 1. The van der Waals surface area contributed by atoms with Crippen LogP contribution in [0.4, 0.5) is 0 Å². The number of nitrogens with zero attached hydrogens (tertiary/aromatic N) is 2. The number of likely N-dealkylation sites (tertiary alicyclic amines) is 1. The minimum Gasteiger partial charge on any atom is -0.355 e. The number of amides is 1. The molecule has 3 aromatic rings. The largest absolute Gasteiger partial charge is 0.355 e. The van der Waals surface area contributed by atoms with E-state index in [1.807, 2.05) is 6.92 Å². The first-order valence-electron chi connectivity index (χ1n) is 9.17. The van der Waals surface area contributed by atoms with Crippen LogP contribution in [-0.4, -0.2) is 42.7 Å². The number of halogens is 1. The number of benzene rings is 2. The van der Waals surface area contributed by atoms with Crippen molar-refractivity contribution in [2.75, 3.05) is 13.1 Å². The van der Waals surface area contributed by atoms with Gasteiger partial charge in [0.1, 0.15) is 5.56 Å². The van der Waals surface area contributed by atoms with Crippen LogP contribution in [0.15, 0.2) is 64.1 Å². The fraction of sp³-hybridized carbons (Fsp3) is 0.238. The van der Waals surface area contributed by atoms with Crippen molar-refractivity contribution < 1.29 is 17.7 Å². The van der Waals surface area contributed by atoms with Crippen molar-refractivity contribution in [1.82, 2.24) is 10.1 Å². The van der Waals surface area contributed by atoms with E-state index in [0.29, 0.717) is 23.6 Å². The van der Waals surface area contributed by atoms with Crippen LogP contribution in [0.3, 0.4) is 0 Å². The van der Waals surface area contributed by atoms with E-state index >= 15 is 0 Å².